The first-order valence-electron chi connectivity index (χ1n) is 11.7. The fraction of sp³-hybridized carbons (Fsp3) is 0.423. The van der Waals surface area contributed by atoms with Crippen LogP contribution in [-0.4, -0.2) is 41.8 Å². The zero-order valence-electron chi connectivity index (χ0n) is 20.5. The van der Waals surface area contributed by atoms with E-state index in [1.165, 1.54) is 6.92 Å². The summed E-state index contributed by atoms with van der Waals surface area (Å²) < 4.78 is 16.3. The first-order valence-corrected chi connectivity index (χ1v) is 11.7. The van der Waals surface area contributed by atoms with E-state index in [1.54, 1.807) is 19.1 Å². The molecular weight excluding hydrogens is 488 g/mol. The molecule has 0 bridgehead atoms. The summed E-state index contributed by atoms with van der Waals surface area (Å²) in [6.45, 7) is 3.68. The molecule has 2 aromatic rings. The van der Waals surface area contributed by atoms with Gasteiger partial charge < -0.3 is 30.4 Å². The molecule has 36 heavy (non-hydrogen) atoms. The second-order valence-electron chi connectivity index (χ2n) is 8.53. The molecule has 0 aliphatic carbocycles. The summed E-state index contributed by atoms with van der Waals surface area (Å²) >= 11 is 0. The van der Waals surface area contributed by atoms with E-state index in [2.05, 4.69) is 5.32 Å². The number of nitrogen functional groups attached to an aromatic ring is 1. The van der Waals surface area contributed by atoms with E-state index in [0.717, 1.165) is 47.5 Å². The number of rotatable bonds is 6. The van der Waals surface area contributed by atoms with Crippen molar-refractivity contribution in [1.82, 2.24) is 0 Å². The van der Waals surface area contributed by atoms with Crippen LogP contribution in [0.5, 0.6) is 11.5 Å². The minimum absolute atomic E-state index is 0. The number of halogens is 1. The molecule has 0 aromatic heterocycles. The molecule has 2 aliphatic rings. The average molecular weight is 521 g/mol. The minimum atomic E-state index is -0.849. The van der Waals surface area contributed by atoms with Crippen molar-refractivity contribution in [2.75, 3.05) is 17.7 Å². The normalized spacial score (nSPS) is 17.3. The number of esters is 1. The average Bonchev–Trinajstić information content (AvgIpc) is 2.79. The summed E-state index contributed by atoms with van der Waals surface area (Å²) in [6.07, 6.45) is 3.17. The molecule has 0 spiro atoms. The number of nitrogens with two attached hydrogens (primary N) is 1. The molecule has 4 rings (SSSR count). The lowest BCUT2D eigenvalue weighted by molar-refractivity contribution is -0.145. The van der Waals surface area contributed by atoms with Gasteiger partial charge in [-0.15, -0.1) is 12.4 Å². The molecular formula is C26H33ClN2O7. The van der Waals surface area contributed by atoms with Gasteiger partial charge in [0.15, 0.2) is 0 Å². The number of carbonyl (C=O) groups is 3. The zero-order chi connectivity index (χ0) is 25.4. The van der Waals surface area contributed by atoms with Gasteiger partial charge in [0.2, 0.25) is 5.91 Å². The lowest BCUT2D eigenvalue weighted by Crippen LogP contribution is -2.26. The van der Waals surface area contributed by atoms with Crippen LogP contribution in [0.2, 0.25) is 0 Å². The monoisotopic (exact) mass is 520 g/mol. The summed E-state index contributed by atoms with van der Waals surface area (Å²) in [4.78, 5) is 32.9. The summed E-state index contributed by atoms with van der Waals surface area (Å²) in [5.41, 5.74) is 9.31. The number of nitrogens with one attached hydrogen (secondary N) is 1. The lowest BCUT2D eigenvalue weighted by Gasteiger charge is -2.25. The van der Waals surface area contributed by atoms with Crippen LogP contribution in [0.25, 0.3) is 0 Å². The Bertz CT molecular complexity index is 1080. The van der Waals surface area contributed by atoms with Gasteiger partial charge in [-0.25, -0.2) is 0 Å². The molecule has 0 fully saturated rings. The van der Waals surface area contributed by atoms with Crippen LogP contribution in [0, 0.1) is 0 Å². The van der Waals surface area contributed by atoms with Crippen LogP contribution in [-0.2, 0) is 32.0 Å². The predicted octanol–water partition coefficient (Wildman–Crippen LogP) is 4.15. The van der Waals surface area contributed by atoms with Crippen LogP contribution in [0.3, 0.4) is 0 Å². The molecule has 2 atom stereocenters. The van der Waals surface area contributed by atoms with Crippen LogP contribution in [0.15, 0.2) is 36.4 Å². The highest BCUT2D eigenvalue weighted by Crippen LogP contribution is 2.31. The van der Waals surface area contributed by atoms with Gasteiger partial charge in [-0.2, -0.15) is 0 Å². The Balaban J connectivity index is 0.000000247. The Kier molecular flexibility index (Phi) is 10.9. The van der Waals surface area contributed by atoms with Crippen molar-refractivity contribution in [1.29, 1.82) is 0 Å². The van der Waals surface area contributed by atoms with Gasteiger partial charge in [0.05, 0.1) is 19.4 Å². The summed E-state index contributed by atoms with van der Waals surface area (Å²) in [6, 6.07) is 11.0. The highest BCUT2D eigenvalue weighted by molar-refractivity contribution is 5.88. The number of fused-ring (bicyclic) bond motifs is 2. The van der Waals surface area contributed by atoms with Crippen molar-refractivity contribution in [2.45, 2.75) is 64.6 Å². The number of aliphatic carboxylic acids is 1. The lowest BCUT2D eigenvalue weighted by atomic mass is 10.00. The zero-order valence-corrected chi connectivity index (χ0v) is 21.3. The highest BCUT2D eigenvalue weighted by atomic mass is 35.5. The van der Waals surface area contributed by atoms with Gasteiger partial charge in [0, 0.05) is 18.3 Å². The molecule has 2 aromatic carbocycles. The molecule has 0 unspecified atom stereocenters. The number of hydrogen-bond donors (Lipinski definition) is 3. The second-order valence-corrected chi connectivity index (χ2v) is 8.53. The summed E-state index contributed by atoms with van der Waals surface area (Å²) in [5, 5.41) is 11.4. The Hall–Kier alpha value is -3.46. The number of ether oxygens (including phenoxy) is 3. The third-order valence-corrected chi connectivity index (χ3v) is 5.63. The van der Waals surface area contributed by atoms with Crippen molar-refractivity contribution < 1.29 is 33.7 Å². The third-order valence-electron chi connectivity index (χ3n) is 5.63. The second kappa shape index (κ2) is 13.6. The molecule has 0 radical (unpaired) electrons. The van der Waals surface area contributed by atoms with Gasteiger partial charge in [-0.05, 0) is 80.1 Å². The number of carboxylic acids is 1. The maximum Gasteiger partial charge on any atom is 0.309 e. The van der Waals surface area contributed by atoms with Crippen molar-refractivity contribution in [2.24, 2.45) is 0 Å². The number of anilines is 2. The van der Waals surface area contributed by atoms with E-state index in [0.29, 0.717) is 25.2 Å². The maximum atomic E-state index is 11.4. The molecule has 0 saturated carbocycles. The van der Waals surface area contributed by atoms with Gasteiger partial charge in [0.25, 0.3) is 0 Å². The van der Waals surface area contributed by atoms with Gasteiger partial charge in [0.1, 0.15) is 23.7 Å². The van der Waals surface area contributed by atoms with Crippen LogP contribution in [0.4, 0.5) is 11.4 Å². The highest BCUT2D eigenvalue weighted by Gasteiger charge is 2.23. The van der Waals surface area contributed by atoms with E-state index < -0.39 is 5.97 Å². The molecule has 2 aliphatic heterocycles. The fourth-order valence-corrected chi connectivity index (χ4v) is 4.08. The molecule has 1 amide bonds. The number of carboxylic acid groups (broad SMARTS) is 1. The van der Waals surface area contributed by atoms with Crippen LogP contribution < -0.4 is 20.5 Å². The first-order chi connectivity index (χ1) is 16.7. The third kappa shape index (κ3) is 8.64. The van der Waals surface area contributed by atoms with Gasteiger partial charge in [-0.1, -0.05) is 0 Å². The largest absolute Gasteiger partial charge is 0.490 e. The number of aryl methyl sites for hydroxylation is 2. The molecule has 0 saturated heterocycles. The summed E-state index contributed by atoms with van der Waals surface area (Å²) in [7, 11) is 0. The van der Waals surface area contributed by atoms with E-state index in [4.69, 9.17) is 25.1 Å². The quantitative estimate of drug-likeness (QED) is 0.381. The van der Waals surface area contributed by atoms with Crippen LogP contribution >= 0.6 is 12.4 Å². The van der Waals surface area contributed by atoms with Crippen molar-refractivity contribution in [3.63, 3.8) is 0 Å². The molecule has 10 heteroatoms. The Morgan fingerprint density at radius 1 is 1.00 bits per heavy atom. The van der Waals surface area contributed by atoms with Crippen molar-refractivity contribution >= 4 is 41.6 Å². The molecule has 2 heterocycles. The topological polar surface area (TPSA) is 137 Å². The van der Waals surface area contributed by atoms with Crippen LogP contribution in [0.1, 0.15) is 50.7 Å². The summed E-state index contributed by atoms with van der Waals surface area (Å²) in [5.74, 6) is 0.381. The van der Waals surface area contributed by atoms with Gasteiger partial charge in [-0.3, -0.25) is 14.4 Å². The predicted molar refractivity (Wildman–Crippen MR) is 138 cm³/mol. The van der Waals surface area contributed by atoms with E-state index in [-0.39, 0.29) is 42.9 Å². The number of amides is 1. The fourth-order valence-electron chi connectivity index (χ4n) is 4.08. The Morgan fingerprint density at radius 3 is 2.17 bits per heavy atom. The van der Waals surface area contributed by atoms with E-state index in [9.17, 15) is 14.4 Å². The number of carbonyl (C=O) groups excluding carboxylic acids is 2. The van der Waals surface area contributed by atoms with E-state index in [1.807, 2.05) is 24.3 Å². The Labute approximate surface area is 216 Å². The van der Waals surface area contributed by atoms with Gasteiger partial charge >= 0.3 is 11.9 Å². The number of benzene rings is 2. The molecule has 196 valence electrons. The molecule has 4 N–H and O–H groups in total. The minimum Gasteiger partial charge on any atom is -0.490 e. The van der Waals surface area contributed by atoms with E-state index >= 15 is 0 Å². The smallest absolute Gasteiger partial charge is 0.309 e. The van der Waals surface area contributed by atoms with Crippen molar-refractivity contribution in [3.8, 4) is 11.5 Å². The SMILES string of the molecule is CC(=O)Nc1ccc2c(c1)CC[C@@H](CC(=O)O)O2.CCOC(=O)C[C@@H]1CCc2cc(N)ccc2O1.Cl. The first kappa shape index (κ1) is 28.8. The van der Waals surface area contributed by atoms with Crippen molar-refractivity contribution in [3.05, 3.63) is 47.5 Å². The number of hydrogen-bond acceptors (Lipinski definition) is 7. The maximum absolute atomic E-state index is 11.4. The standard InChI is InChI=1S/C13H15NO4.C13H17NO3.ClH/c1-8(15)14-10-3-5-12-9(6-10)2-4-11(18-12)7-13(16)17;1-2-16-13(15)8-11-5-3-9-7-10(14)4-6-12(9)17-11;/h3,5-6,11H,2,4,7H2,1H3,(H,14,15)(H,16,17);4,6-7,11H,2-3,5,8,14H2,1H3;1H/t2*11-;/m00./s1. The molecule has 9 nitrogen and oxygen atoms in total. The Morgan fingerprint density at radius 2 is 1.58 bits per heavy atom.